The minimum Gasteiger partial charge on any atom is -0.339 e. The summed E-state index contributed by atoms with van der Waals surface area (Å²) in [6.07, 6.45) is 2.53. The van der Waals surface area contributed by atoms with Gasteiger partial charge in [-0.2, -0.15) is 18.2 Å². The first-order valence-corrected chi connectivity index (χ1v) is 8.14. The van der Waals surface area contributed by atoms with Crippen LogP contribution in [0.2, 0.25) is 0 Å². The summed E-state index contributed by atoms with van der Waals surface area (Å²) in [5.41, 5.74) is 0. The number of imidazole rings is 1. The van der Waals surface area contributed by atoms with E-state index >= 15 is 0 Å². The molecule has 1 atom stereocenters. The predicted molar refractivity (Wildman–Crippen MR) is 76.9 cm³/mol. The van der Waals surface area contributed by atoms with Crippen molar-refractivity contribution in [2.75, 3.05) is 6.54 Å². The van der Waals surface area contributed by atoms with E-state index in [0.29, 0.717) is 30.0 Å². The number of hydrogen-bond donors (Lipinski definition) is 0. The highest BCUT2D eigenvalue weighted by Crippen LogP contribution is 2.40. The van der Waals surface area contributed by atoms with Gasteiger partial charge in [-0.25, -0.2) is 4.98 Å². The molecule has 2 aromatic rings. The molecule has 2 aliphatic rings. The van der Waals surface area contributed by atoms with E-state index in [1.54, 1.807) is 0 Å². The molecule has 2 fully saturated rings. The van der Waals surface area contributed by atoms with Crippen LogP contribution in [0.25, 0.3) is 0 Å². The largest absolute Gasteiger partial charge is 0.406 e. The lowest BCUT2D eigenvalue weighted by atomic mass is 10.2. The maximum absolute atomic E-state index is 12.6. The van der Waals surface area contributed by atoms with Crippen molar-refractivity contribution < 1.29 is 17.7 Å². The van der Waals surface area contributed by atoms with Crippen LogP contribution in [0.4, 0.5) is 13.2 Å². The first-order chi connectivity index (χ1) is 11.5. The second-order valence-electron chi connectivity index (χ2n) is 6.48. The van der Waals surface area contributed by atoms with Crippen LogP contribution in [0.15, 0.2) is 16.9 Å². The number of alkyl halides is 3. The summed E-state index contributed by atoms with van der Waals surface area (Å²) in [4.78, 5) is 10.7. The Labute approximate surface area is 136 Å². The lowest BCUT2D eigenvalue weighted by Gasteiger charge is -2.22. The molecule has 1 aliphatic heterocycles. The Hall–Kier alpha value is -1.90. The Morgan fingerprint density at radius 1 is 1.25 bits per heavy atom. The van der Waals surface area contributed by atoms with Crippen LogP contribution in [0, 0.1) is 0 Å². The van der Waals surface area contributed by atoms with E-state index in [2.05, 4.69) is 20.0 Å². The Bertz CT molecular complexity index is 706. The van der Waals surface area contributed by atoms with Gasteiger partial charge >= 0.3 is 6.18 Å². The van der Waals surface area contributed by atoms with Crippen molar-refractivity contribution in [1.82, 2.24) is 24.6 Å². The highest BCUT2D eigenvalue weighted by molar-refractivity contribution is 5.06. The van der Waals surface area contributed by atoms with Crippen LogP contribution in [0.5, 0.6) is 0 Å². The summed E-state index contributed by atoms with van der Waals surface area (Å²) < 4.78 is 44.4. The van der Waals surface area contributed by atoms with E-state index in [4.69, 9.17) is 4.52 Å². The fourth-order valence-corrected chi connectivity index (χ4v) is 3.20. The normalized spacial score (nSPS) is 22.4. The van der Waals surface area contributed by atoms with Crippen LogP contribution >= 0.6 is 0 Å². The Morgan fingerprint density at radius 2 is 2.08 bits per heavy atom. The van der Waals surface area contributed by atoms with Crippen LogP contribution in [-0.2, 0) is 13.1 Å². The molecule has 3 heterocycles. The van der Waals surface area contributed by atoms with Gasteiger partial charge in [0.15, 0.2) is 5.82 Å². The number of hydrogen-bond acceptors (Lipinski definition) is 5. The standard InChI is InChI=1S/C15H18F3N5O/c16-15(17,18)9-23-7-5-19-12(23)8-22-6-1-2-11(22)13-20-14(24-21-13)10-3-4-10/h5,7,10-11H,1-4,6,8-9H2/t11-/m0/s1. The third-order valence-electron chi connectivity index (χ3n) is 4.54. The molecule has 24 heavy (non-hydrogen) atoms. The van der Waals surface area contributed by atoms with Crippen molar-refractivity contribution in [2.24, 2.45) is 0 Å². The van der Waals surface area contributed by atoms with Gasteiger partial charge in [0.2, 0.25) is 5.89 Å². The maximum Gasteiger partial charge on any atom is 0.406 e. The van der Waals surface area contributed by atoms with Gasteiger partial charge in [0.05, 0.1) is 12.6 Å². The zero-order valence-electron chi connectivity index (χ0n) is 13.0. The van der Waals surface area contributed by atoms with Gasteiger partial charge in [-0.05, 0) is 32.2 Å². The molecule has 130 valence electrons. The number of likely N-dealkylation sites (tertiary alicyclic amines) is 1. The number of rotatable bonds is 5. The molecule has 1 saturated heterocycles. The highest BCUT2D eigenvalue weighted by Gasteiger charge is 2.35. The first-order valence-electron chi connectivity index (χ1n) is 8.14. The van der Waals surface area contributed by atoms with Crippen LogP contribution in [0.1, 0.15) is 55.2 Å². The quantitative estimate of drug-likeness (QED) is 0.836. The van der Waals surface area contributed by atoms with Crippen LogP contribution in [0.3, 0.4) is 0 Å². The third-order valence-corrected chi connectivity index (χ3v) is 4.54. The SMILES string of the molecule is FC(F)(F)Cn1ccnc1CN1CCC[C@H]1c1noc(C2CC2)n1. The number of halogens is 3. The van der Waals surface area contributed by atoms with E-state index < -0.39 is 12.7 Å². The van der Waals surface area contributed by atoms with Gasteiger partial charge < -0.3 is 9.09 Å². The molecule has 0 radical (unpaired) electrons. The molecule has 0 unspecified atom stereocenters. The summed E-state index contributed by atoms with van der Waals surface area (Å²) in [6.45, 7) is 0.118. The molecule has 0 aromatic carbocycles. The van der Waals surface area contributed by atoms with Crippen molar-refractivity contribution >= 4 is 0 Å². The second-order valence-corrected chi connectivity index (χ2v) is 6.48. The average molecular weight is 341 g/mol. The number of aromatic nitrogens is 4. The van der Waals surface area contributed by atoms with Crippen LogP contribution in [-0.4, -0.2) is 37.3 Å². The third kappa shape index (κ3) is 3.31. The fourth-order valence-electron chi connectivity index (χ4n) is 3.20. The van der Waals surface area contributed by atoms with E-state index in [9.17, 15) is 13.2 Å². The summed E-state index contributed by atoms with van der Waals surface area (Å²) in [6, 6.07) is -0.0164. The van der Waals surface area contributed by atoms with Crippen molar-refractivity contribution in [1.29, 1.82) is 0 Å². The lowest BCUT2D eigenvalue weighted by molar-refractivity contribution is -0.141. The van der Waals surface area contributed by atoms with Gasteiger partial charge in [-0.3, -0.25) is 4.90 Å². The molecule has 1 saturated carbocycles. The van der Waals surface area contributed by atoms with Crippen molar-refractivity contribution in [2.45, 2.75) is 56.9 Å². The molecule has 1 aliphatic carbocycles. The molecular weight excluding hydrogens is 323 g/mol. The molecule has 0 amide bonds. The second kappa shape index (κ2) is 5.87. The summed E-state index contributed by atoms with van der Waals surface area (Å²) in [5, 5.41) is 4.09. The van der Waals surface area contributed by atoms with E-state index in [0.717, 1.165) is 36.8 Å². The molecule has 9 heteroatoms. The molecule has 6 nitrogen and oxygen atoms in total. The number of nitrogens with zero attached hydrogens (tertiary/aromatic N) is 5. The van der Waals surface area contributed by atoms with E-state index in [-0.39, 0.29) is 6.04 Å². The zero-order valence-corrected chi connectivity index (χ0v) is 13.0. The summed E-state index contributed by atoms with van der Waals surface area (Å²) >= 11 is 0. The summed E-state index contributed by atoms with van der Waals surface area (Å²) in [7, 11) is 0. The first kappa shape index (κ1) is 15.6. The van der Waals surface area contributed by atoms with Gasteiger partial charge in [0, 0.05) is 18.3 Å². The van der Waals surface area contributed by atoms with Crippen molar-refractivity contribution in [3.05, 3.63) is 29.9 Å². The monoisotopic (exact) mass is 341 g/mol. The maximum atomic E-state index is 12.6. The molecule has 0 bridgehead atoms. The van der Waals surface area contributed by atoms with E-state index in [1.807, 2.05) is 0 Å². The van der Waals surface area contributed by atoms with Crippen molar-refractivity contribution in [3.8, 4) is 0 Å². The lowest BCUT2D eigenvalue weighted by Crippen LogP contribution is -2.27. The van der Waals surface area contributed by atoms with Crippen molar-refractivity contribution in [3.63, 3.8) is 0 Å². The topological polar surface area (TPSA) is 60.0 Å². The zero-order chi connectivity index (χ0) is 16.7. The Kier molecular flexibility index (Phi) is 3.82. The van der Waals surface area contributed by atoms with Gasteiger partial charge in [0.25, 0.3) is 0 Å². The summed E-state index contributed by atoms with van der Waals surface area (Å²) in [5.74, 6) is 2.13. The molecular formula is C15H18F3N5O. The van der Waals surface area contributed by atoms with Crippen LogP contribution < -0.4 is 0 Å². The van der Waals surface area contributed by atoms with Gasteiger partial charge in [-0.1, -0.05) is 5.16 Å². The van der Waals surface area contributed by atoms with E-state index in [1.165, 1.54) is 12.4 Å². The Balaban J connectivity index is 1.48. The molecule has 0 spiro atoms. The smallest absolute Gasteiger partial charge is 0.339 e. The minimum atomic E-state index is -4.26. The highest BCUT2D eigenvalue weighted by atomic mass is 19.4. The average Bonchev–Trinajstić information content (AvgIpc) is 2.92. The molecule has 2 aromatic heterocycles. The molecule has 4 rings (SSSR count). The van der Waals surface area contributed by atoms with Gasteiger partial charge in [0.1, 0.15) is 12.4 Å². The Morgan fingerprint density at radius 3 is 2.83 bits per heavy atom. The molecule has 0 N–H and O–H groups in total. The fraction of sp³-hybridized carbons (Fsp3) is 0.667. The van der Waals surface area contributed by atoms with Gasteiger partial charge in [-0.15, -0.1) is 0 Å². The minimum absolute atomic E-state index is 0.0164. The predicted octanol–water partition coefficient (Wildman–Crippen LogP) is 3.04.